The van der Waals surface area contributed by atoms with Gasteiger partial charge in [-0.2, -0.15) is 4.98 Å². The highest BCUT2D eigenvalue weighted by Gasteiger charge is 2.31. The molecule has 2 aromatic rings. The lowest BCUT2D eigenvalue weighted by atomic mass is 10.1. The van der Waals surface area contributed by atoms with E-state index in [2.05, 4.69) is 15.0 Å². The molecule has 3 rings (SSSR count). The molecule has 1 aliphatic rings. The van der Waals surface area contributed by atoms with Crippen LogP contribution in [0.3, 0.4) is 0 Å². The number of hydrogen-bond acceptors (Lipinski definition) is 7. The second kappa shape index (κ2) is 7.15. The van der Waals surface area contributed by atoms with Gasteiger partial charge in [0.25, 0.3) is 0 Å². The molecule has 1 amide bonds. The molecule has 0 saturated carbocycles. The first-order chi connectivity index (χ1) is 12.5. The Morgan fingerprint density at radius 1 is 1.27 bits per heavy atom. The van der Waals surface area contributed by atoms with Crippen molar-refractivity contribution in [2.75, 3.05) is 35.7 Å². The number of rotatable bonds is 5. The number of nitrogens with zero attached hydrogens (tertiary/aromatic N) is 5. The molecular formula is C18H24N6O2. The number of ether oxygens (including phenoxy) is 1. The molecule has 0 aromatic carbocycles. The number of fused-ring (bicyclic) bond motifs is 1. The molecule has 0 spiro atoms. The zero-order valence-corrected chi connectivity index (χ0v) is 15.6. The number of aryl methyl sites for hydroxylation is 1. The first kappa shape index (κ1) is 17.9. The van der Waals surface area contributed by atoms with E-state index in [1.165, 1.54) is 0 Å². The normalized spacial score (nSPS) is 13.8. The molecule has 138 valence electrons. The van der Waals surface area contributed by atoms with Crippen LogP contribution in [-0.2, 0) is 11.3 Å². The summed E-state index contributed by atoms with van der Waals surface area (Å²) in [6.07, 6.45) is 4.25. The first-order valence-corrected chi connectivity index (χ1v) is 8.63. The molecule has 2 aromatic heterocycles. The summed E-state index contributed by atoms with van der Waals surface area (Å²) < 4.78 is 5.48. The van der Waals surface area contributed by atoms with Crippen LogP contribution in [0.2, 0.25) is 0 Å². The van der Waals surface area contributed by atoms with Gasteiger partial charge in [0.15, 0.2) is 5.82 Å². The van der Waals surface area contributed by atoms with Crippen LogP contribution in [0.4, 0.5) is 17.5 Å². The third-order valence-electron chi connectivity index (χ3n) is 4.52. The molecule has 8 nitrogen and oxygen atoms in total. The van der Waals surface area contributed by atoms with Crippen molar-refractivity contribution in [2.45, 2.75) is 33.7 Å². The average molecular weight is 356 g/mol. The fourth-order valence-corrected chi connectivity index (χ4v) is 3.27. The summed E-state index contributed by atoms with van der Waals surface area (Å²) in [5, 5.41) is 0. The van der Waals surface area contributed by atoms with E-state index in [0.29, 0.717) is 24.6 Å². The van der Waals surface area contributed by atoms with Crippen molar-refractivity contribution in [3.05, 3.63) is 29.2 Å². The van der Waals surface area contributed by atoms with Gasteiger partial charge in [0.05, 0.1) is 32.1 Å². The van der Waals surface area contributed by atoms with E-state index >= 15 is 0 Å². The summed E-state index contributed by atoms with van der Waals surface area (Å²) in [5.74, 6) is 1.68. The average Bonchev–Trinajstić information content (AvgIpc) is 2.61. The van der Waals surface area contributed by atoms with Gasteiger partial charge in [0.1, 0.15) is 11.4 Å². The molecule has 0 aliphatic carbocycles. The number of hydrogen-bond donors (Lipinski definition) is 1. The van der Waals surface area contributed by atoms with E-state index < -0.39 is 0 Å². The summed E-state index contributed by atoms with van der Waals surface area (Å²) in [5.41, 5.74) is 9.26. The highest BCUT2D eigenvalue weighted by Crippen LogP contribution is 2.33. The Kier molecular flexibility index (Phi) is 4.92. The summed E-state index contributed by atoms with van der Waals surface area (Å²) >= 11 is 0. The molecule has 0 fully saturated rings. The maximum absolute atomic E-state index is 12.6. The van der Waals surface area contributed by atoms with E-state index in [4.69, 9.17) is 10.5 Å². The Balaban J connectivity index is 2.00. The minimum Gasteiger partial charge on any atom is -0.496 e. The van der Waals surface area contributed by atoms with E-state index in [1.807, 2.05) is 25.7 Å². The van der Waals surface area contributed by atoms with Gasteiger partial charge < -0.3 is 20.3 Å². The predicted molar refractivity (Wildman–Crippen MR) is 100 cm³/mol. The van der Waals surface area contributed by atoms with Gasteiger partial charge in [-0.15, -0.1) is 0 Å². The van der Waals surface area contributed by atoms with Crippen molar-refractivity contribution in [3.63, 3.8) is 0 Å². The van der Waals surface area contributed by atoms with Gasteiger partial charge in [-0.05, 0) is 20.3 Å². The SMILES string of the molecule is CCCN1C(=O)CN(Cc2ncc(C)c(OC)c2C)c2nc(N)ncc21. The van der Waals surface area contributed by atoms with Crippen molar-refractivity contribution in [1.82, 2.24) is 15.0 Å². The summed E-state index contributed by atoms with van der Waals surface area (Å²) in [7, 11) is 1.65. The Bertz CT molecular complexity index is 839. The smallest absolute Gasteiger partial charge is 0.246 e. The van der Waals surface area contributed by atoms with Crippen molar-refractivity contribution in [1.29, 1.82) is 0 Å². The molecule has 0 bridgehead atoms. The zero-order chi connectivity index (χ0) is 18.8. The van der Waals surface area contributed by atoms with E-state index in [1.54, 1.807) is 24.4 Å². The topological polar surface area (TPSA) is 97.5 Å². The fraction of sp³-hybridized carbons (Fsp3) is 0.444. The van der Waals surface area contributed by atoms with Gasteiger partial charge >= 0.3 is 0 Å². The predicted octanol–water partition coefficient (Wildman–Crippen LogP) is 1.84. The third-order valence-corrected chi connectivity index (χ3v) is 4.52. The lowest BCUT2D eigenvalue weighted by Crippen LogP contribution is -2.46. The number of nitrogens with two attached hydrogens (primary N) is 1. The second-order valence-electron chi connectivity index (χ2n) is 6.38. The maximum Gasteiger partial charge on any atom is 0.246 e. The summed E-state index contributed by atoms with van der Waals surface area (Å²) in [6.45, 7) is 7.25. The Morgan fingerprint density at radius 2 is 2.04 bits per heavy atom. The second-order valence-corrected chi connectivity index (χ2v) is 6.38. The number of pyridine rings is 1. The molecule has 2 N–H and O–H groups in total. The van der Waals surface area contributed by atoms with Gasteiger partial charge in [-0.1, -0.05) is 6.92 Å². The van der Waals surface area contributed by atoms with E-state index in [0.717, 1.165) is 29.0 Å². The molecule has 0 radical (unpaired) electrons. The number of nitrogen functional groups attached to an aromatic ring is 1. The zero-order valence-electron chi connectivity index (χ0n) is 15.6. The van der Waals surface area contributed by atoms with E-state index in [9.17, 15) is 4.79 Å². The number of aromatic nitrogens is 3. The molecule has 3 heterocycles. The van der Waals surface area contributed by atoms with Gasteiger partial charge in [-0.25, -0.2) is 4.98 Å². The van der Waals surface area contributed by atoms with Crippen LogP contribution in [0.15, 0.2) is 12.4 Å². The molecule has 26 heavy (non-hydrogen) atoms. The van der Waals surface area contributed by atoms with Crippen LogP contribution in [-0.4, -0.2) is 41.1 Å². The molecule has 0 atom stereocenters. The van der Waals surface area contributed by atoms with Crippen LogP contribution < -0.4 is 20.3 Å². The summed E-state index contributed by atoms with van der Waals surface area (Å²) in [4.78, 5) is 29.3. The van der Waals surface area contributed by atoms with Crippen LogP contribution >= 0.6 is 0 Å². The van der Waals surface area contributed by atoms with Gasteiger partial charge in [-0.3, -0.25) is 9.78 Å². The van der Waals surface area contributed by atoms with Crippen LogP contribution in [0.1, 0.15) is 30.2 Å². The maximum atomic E-state index is 12.6. The molecule has 8 heteroatoms. The van der Waals surface area contributed by atoms with Crippen molar-refractivity contribution >= 4 is 23.4 Å². The first-order valence-electron chi connectivity index (χ1n) is 8.63. The Morgan fingerprint density at radius 3 is 2.73 bits per heavy atom. The Labute approximate surface area is 153 Å². The number of carbonyl (C=O) groups is 1. The van der Waals surface area contributed by atoms with E-state index in [-0.39, 0.29) is 18.4 Å². The molecule has 1 aliphatic heterocycles. The van der Waals surface area contributed by atoms with Crippen molar-refractivity contribution < 1.29 is 9.53 Å². The van der Waals surface area contributed by atoms with Crippen molar-refractivity contribution in [3.8, 4) is 5.75 Å². The quantitative estimate of drug-likeness (QED) is 0.873. The minimum absolute atomic E-state index is 0.0180. The minimum atomic E-state index is 0.0180. The Hall–Kier alpha value is -2.90. The lowest BCUT2D eigenvalue weighted by Gasteiger charge is -2.36. The van der Waals surface area contributed by atoms with Crippen LogP contribution in [0.5, 0.6) is 5.75 Å². The largest absolute Gasteiger partial charge is 0.496 e. The number of anilines is 3. The summed E-state index contributed by atoms with van der Waals surface area (Å²) in [6, 6.07) is 0. The lowest BCUT2D eigenvalue weighted by molar-refractivity contribution is -0.117. The van der Waals surface area contributed by atoms with Crippen molar-refractivity contribution in [2.24, 2.45) is 0 Å². The van der Waals surface area contributed by atoms with Crippen LogP contribution in [0, 0.1) is 13.8 Å². The monoisotopic (exact) mass is 356 g/mol. The molecule has 0 saturated heterocycles. The van der Waals surface area contributed by atoms with Crippen LogP contribution in [0.25, 0.3) is 0 Å². The molecular weight excluding hydrogens is 332 g/mol. The van der Waals surface area contributed by atoms with Gasteiger partial charge in [0, 0.05) is 23.9 Å². The fourth-order valence-electron chi connectivity index (χ4n) is 3.27. The third kappa shape index (κ3) is 3.14. The number of methoxy groups -OCH3 is 1. The number of amides is 1. The van der Waals surface area contributed by atoms with Gasteiger partial charge in [0.2, 0.25) is 11.9 Å². The highest BCUT2D eigenvalue weighted by molar-refractivity contribution is 6.02. The number of carbonyl (C=O) groups excluding carboxylic acids is 1. The molecule has 0 unspecified atom stereocenters. The highest BCUT2D eigenvalue weighted by atomic mass is 16.5. The standard InChI is InChI=1S/C18H24N6O2/c1-5-6-24-14-8-21-18(19)22-17(14)23(10-15(24)25)9-13-12(3)16(26-4)11(2)7-20-13/h7-8H,5-6,9-10H2,1-4H3,(H2,19,21,22).